The largest absolute Gasteiger partial charge is 0.486 e. The van der Waals surface area contributed by atoms with Crippen LogP contribution in [-0.4, -0.2) is 25.6 Å². The standard InChI is InChI=1S/C24H18N6O4S/c1-16-4-2-6-21(12-16)34-15-22-27-28-24(35-22)26-23(31)17(14-25)13-20-5-3-11-29(20)18-7-9-19(10-8-18)30(32)33/h2-13H,15H2,1H3,(H,26,28,31)/b17-13-. The number of benzene rings is 2. The topological polar surface area (TPSA) is 136 Å². The normalized spacial score (nSPS) is 11.0. The van der Waals surface area contributed by atoms with Crippen LogP contribution in [0.15, 0.2) is 72.4 Å². The fourth-order valence-corrected chi connectivity index (χ4v) is 3.80. The number of nitro benzene ring substituents is 1. The van der Waals surface area contributed by atoms with Crippen molar-refractivity contribution < 1.29 is 14.5 Å². The van der Waals surface area contributed by atoms with Gasteiger partial charge in [-0.05, 0) is 55.0 Å². The highest BCUT2D eigenvalue weighted by Crippen LogP contribution is 2.21. The summed E-state index contributed by atoms with van der Waals surface area (Å²) in [6, 6.07) is 18.9. The Labute approximate surface area is 203 Å². The molecule has 0 radical (unpaired) electrons. The number of hydrogen-bond acceptors (Lipinski definition) is 8. The highest BCUT2D eigenvalue weighted by molar-refractivity contribution is 7.15. The zero-order valence-electron chi connectivity index (χ0n) is 18.4. The highest BCUT2D eigenvalue weighted by atomic mass is 32.1. The Balaban J connectivity index is 1.44. The number of non-ortho nitro benzene ring substituents is 1. The first-order chi connectivity index (χ1) is 16.9. The Bertz CT molecular complexity index is 1450. The number of rotatable bonds is 8. The van der Waals surface area contributed by atoms with Crippen LogP contribution in [0.1, 0.15) is 16.3 Å². The minimum absolute atomic E-state index is 0.0317. The van der Waals surface area contributed by atoms with Gasteiger partial charge in [-0.1, -0.05) is 23.5 Å². The fourth-order valence-electron chi connectivity index (χ4n) is 3.16. The summed E-state index contributed by atoms with van der Waals surface area (Å²) in [5.74, 6) is 0.0720. The Kier molecular flexibility index (Phi) is 6.94. The van der Waals surface area contributed by atoms with Crippen LogP contribution in [0, 0.1) is 28.4 Å². The van der Waals surface area contributed by atoms with E-state index in [1.807, 2.05) is 37.3 Å². The van der Waals surface area contributed by atoms with Gasteiger partial charge >= 0.3 is 0 Å². The highest BCUT2D eigenvalue weighted by Gasteiger charge is 2.15. The molecule has 0 bridgehead atoms. The van der Waals surface area contributed by atoms with E-state index in [0.29, 0.717) is 22.1 Å². The van der Waals surface area contributed by atoms with E-state index in [2.05, 4.69) is 15.5 Å². The molecule has 35 heavy (non-hydrogen) atoms. The van der Waals surface area contributed by atoms with Crippen molar-refractivity contribution in [1.29, 1.82) is 5.26 Å². The summed E-state index contributed by atoms with van der Waals surface area (Å²) in [4.78, 5) is 23.1. The molecule has 0 aliphatic heterocycles. The molecule has 2 aromatic carbocycles. The van der Waals surface area contributed by atoms with Crippen molar-refractivity contribution in [2.24, 2.45) is 0 Å². The number of ether oxygens (including phenoxy) is 1. The Hall–Kier alpha value is -4.82. The van der Waals surface area contributed by atoms with Crippen LogP contribution in [0.2, 0.25) is 0 Å². The average Bonchev–Trinajstić information content (AvgIpc) is 3.50. The van der Waals surface area contributed by atoms with Gasteiger partial charge in [0.25, 0.3) is 11.6 Å². The predicted octanol–water partition coefficient (Wildman–Crippen LogP) is 4.67. The lowest BCUT2D eigenvalue weighted by molar-refractivity contribution is -0.384. The van der Waals surface area contributed by atoms with Gasteiger partial charge in [-0.15, -0.1) is 10.2 Å². The van der Waals surface area contributed by atoms with Gasteiger partial charge in [-0.2, -0.15) is 5.26 Å². The second-order valence-electron chi connectivity index (χ2n) is 7.31. The van der Waals surface area contributed by atoms with Gasteiger partial charge in [0.05, 0.1) is 4.92 Å². The van der Waals surface area contributed by atoms with Gasteiger partial charge in [0.15, 0.2) is 5.01 Å². The molecule has 1 N–H and O–H groups in total. The predicted molar refractivity (Wildman–Crippen MR) is 130 cm³/mol. The van der Waals surface area contributed by atoms with Crippen molar-refractivity contribution in [2.45, 2.75) is 13.5 Å². The lowest BCUT2D eigenvalue weighted by atomic mass is 10.2. The number of carbonyl (C=O) groups excluding carboxylic acids is 1. The molecule has 0 spiro atoms. The molecule has 0 atom stereocenters. The minimum Gasteiger partial charge on any atom is -0.486 e. The van der Waals surface area contributed by atoms with Crippen LogP contribution in [0.4, 0.5) is 10.8 Å². The molecule has 4 aromatic rings. The van der Waals surface area contributed by atoms with Gasteiger partial charge < -0.3 is 9.30 Å². The molecule has 2 aromatic heterocycles. The van der Waals surface area contributed by atoms with E-state index in [1.165, 1.54) is 18.2 Å². The van der Waals surface area contributed by atoms with Crippen molar-refractivity contribution in [2.75, 3.05) is 5.32 Å². The third kappa shape index (κ3) is 5.76. The molecule has 0 aliphatic carbocycles. The SMILES string of the molecule is Cc1cccc(OCc2nnc(NC(=O)/C(C#N)=C\c3cccn3-c3ccc([N+](=O)[O-])cc3)s2)c1. The number of hydrogen-bond donors (Lipinski definition) is 1. The maximum absolute atomic E-state index is 12.7. The second kappa shape index (κ2) is 10.4. The van der Waals surface area contributed by atoms with Crippen molar-refractivity contribution in [1.82, 2.24) is 14.8 Å². The molecule has 4 rings (SSSR count). The third-order valence-electron chi connectivity index (χ3n) is 4.82. The van der Waals surface area contributed by atoms with Crippen LogP contribution in [0.3, 0.4) is 0 Å². The molecule has 1 amide bonds. The van der Waals surface area contributed by atoms with Gasteiger partial charge in [-0.3, -0.25) is 20.2 Å². The minimum atomic E-state index is -0.633. The third-order valence-corrected chi connectivity index (χ3v) is 5.63. The average molecular weight is 487 g/mol. The summed E-state index contributed by atoms with van der Waals surface area (Å²) >= 11 is 1.15. The number of aromatic nitrogens is 3. The van der Waals surface area contributed by atoms with Crippen molar-refractivity contribution in [3.05, 3.63) is 98.8 Å². The summed E-state index contributed by atoms with van der Waals surface area (Å²) in [5, 5.41) is 31.8. The van der Waals surface area contributed by atoms with Crippen LogP contribution in [0.25, 0.3) is 11.8 Å². The van der Waals surface area contributed by atoms with Crippen LogP contribution < -0.4 is 10.1 Å². The summed E-state index contributed by atoms with van der Waals surface area (Å²) in [6.45, 7) is 2.16. The summed E-state index contributed by atoms with van der Waals surface area (Å²) in [6.07, 6.45) is 3.16. The molecule has 0 unspecified atom stereocenters. The first kappa shape index (κ1) is 23.3. The number of nitrogens with one attached hydrogen (secondary N) is 1. The maximum Gasteiger partial charge on any atom is 0.269 e. The van der Waals surface area contributed by atoms with Crippen LogP contribution >= 0.6 is 11.3 Å². The molecule has 11 heteroatoms. The van der Waals surface area contributed by atoms with E-state index in [9.17, 15) is 20.2 Å². The van der Waals surface area contributed by atoms with Gasteiger partial charge in [-0.25, -0.2) is 0 Å². The quantitative estimate of drug-likeness (QED) is 0.165. The first-order valence-corrected chi connectivity index (χ1v) is 11.1. The second-order valence-corrected chi connectivity index (χ2v) is 8.37. The molecular formula is C24H18N6O4S. The Morgan fingerprint density at radius 3 is 2.74 bits per heavy atom. The van der Waals surface area contributed by atoms with Crippen molar-refractivity contribution >= 4 is 34.1 Å². The van der Waals surface area contributed by atoms with E-state index < -0.39 is 10.8 Å². The van der Waals surface area contributed by atoms with Crippen LogP contribution in [0.5, 0.6) is 5.75 Å². The van der Waals surface area contributed by atoms with E-state index in [4.69, 9.17) is 4.74 Å². The zero-order chi connectivity index (χ0) is 24.8. The van der Waals surface area contributed by atoms with E-state index in [0.717, 1.165) is 16.9 Å². The number of nitrogens with zero attached hydrogens (tertiary/aromatic N) is 5. The van der Waals surface area contributed by atoms with E-state index in [1.54, 1.807) is 35.0 Å². The zero-order valence-corrected chi connectivity index (χ0v) is 19.2. The molecule has 10 nitrogen and oxygen atoms in total. The molecule has 2 heterocycles. The monoisotopic (exact) mass is 486 g/mol. The molecule has 0 saturated heterocycles. The number of carbonyl (C=O) groups is 1. The van der Waals surface area contributed by atoms with Gasteiger partial charge in [0.2, 0.25) is 5.13 Å². The molecule has 0 fully saturated rings. The lowest BCUT2D eigenvalue weighted by Gasteiger charge is -2.07. The summed E-state index contributed by atoms with van der Waals surface area (Å²) in [5.41, 5.74) is 2.10. The number of anilines is 1. The van der Waals surface area contributed by atoms with Crippen molar-refractivity contribution in [3.8, 4) is 17.5 Å². The Morgan fingerprint density at radius 1 is 1.23 bits per heavy atom. The number of amides is 1. The summed E-state index contributed by atoms with van der Waals surface area (Å²) in [7, 11) is 0. The van der Waals surface area contributed by atoms with Gasteiger partial charge in [0, 0.05) is 29.7 Å². The van der Waals surface area contributed by atoms with Crippen LogP contribution in [-0.2, 0) is 11.4 Å². The fraction of sp³-hybridized carbons (Fsp3) is 0.0833. The number of nitriles is 1. The van der Waals surface area contributed by atoms with Gasteiger partial charge in [0.1, 0.15) is 24.0 Å². The lowest BCUT2D eigenvalue weighted by Crippen LogP contribution is -2.13. The first-order valence-electron chi connectivity index (χ1n) is 10.3. The van der Waals surface area contributed by atoms with Crippen molar-refractivity contribution in [3.63, 3.8) is 0 Å². The van der Waals surface area contributed by atoms with E-state index >= 15 is 0 Å². The molecule has 0 aliphatic rings. The summed E-state index contributed by atoms with van der Waals surface area (Å²) < 4.78 is 7.41. The molecular weight excluding hydrogens is 468 g/mol. The smallest absolute Gasteiger partial charge is 0.269 e. The number of aryl methyl sites for hydroxylation is 1. The van der Waals surface area contributed by atoms with E-state index in [-0.39, 0.29) is 23.0 Å². The maximum atomic E-state index is 12.7. The Morgan fingerprint density at radius 2 is 2.03 bits per heavy atom. The molecule has 174 valence electrons. The number of nitro groups is 1. The molecule has 0 saturated carbocycles.